The van der Waals surface area contributed by atoms with Crippen LogP contribution < -0.4 is 10.6 Å². The van der Waals surface area contributed by atoms with Gasteiger partial charge in [0.05, 0.1) is 28.7 Å². The minimum atomic E-state index is -1.09. The maximum atomic E-state index is 13.1. The molecule has 0 aliphatic carbocycles. The highest BCUT2D eigenvalue weighted by molar-refractivity contribution is 6.26. The molecule has 12 nitrogen and oxygen atoms in total. The fourth-order valence-corrected chi connectivity index (χ4v) is 4.07. The topological polar surface area (TPSA) is 156 Å². The summed E-state index contributed by atoms with van der Waals surface area (Å²) in [7, 11) is 0. The number of rotatable bonds is 5. The van der Waals surface area contributed by atoms with E-state index in [0.717, 1.165) is 10.5 Å². The lowest BCUT2D eigenvalue weighted by molar-refractivity contribution is -0.136. The second kappa shape index (κ2) is 8.56. The van der Waals surface area contributed by atoms with Crippen molar-refractivity contribution in [1.29, 1.82) is 0 Å². The third-order valence-corrected chi connectivity index (χ3v) is 5.76. The molecule has 0 saturated carbocycles. The summed E-state index contributed by atoms with van der Waals surface area (Å²) >= 11 is 0. The Morgan fingerprint density at radius 2 is 1.94 bits per heavy atom. The Hall–Kier alpha value is -4.74. The van der Waals surface area contributed by atoms with Gasteiger partial charge in [0, 0.05) is 12.6 Å². The molecule has 1 fully saturated rings. The number of piperidine rings is 1. The molecule has 2 aliphatic heterocycles. The number of hydrogen-bond donors (Lipinski definition) is 2. The SMILES string of the molecule is Cc1ccc(-c2cn(CC(=O)Nc3cccc4c3C(=O)N(C3CCC(=O)NC3=O)C4=O)nn2)nc1. The predicted molar refractivity (Wildman–Crippen MR) is 120 cm³/mol. The summed E-state index contributed by atoms with van der Waals surface area (Å²) in [6.07, 6.45) is 3.34. The van der Waals surface area contributed by atoms with Gasteiger partial charge in [0.2, 0.25) is 17.7 Å². The third kappa shape index (κ3) is 4.05. The Balaban J connectivity index is 1.33. The maximum absolute atomic E-state index is 13.1. The van der Waals surface area contributed by atoms with Crippen molar-refractivity contribution in [3.63, 3.8) is 0 Å². The Morgan fingerprint density at radius 1 is 1.11 bits per heavy atom. The molecule has 2 aliphatic rings. The summed E-state index contributed by atoms with van der Waals surface area (Å²) in [5.41, 5.74) is 2.32. The van der Waals surface area contributed by atoms with E-state index in [-0.39, 0.29) is 36.2 Å². The Kier molecular flexibility index (Phi) is 5.40. The molecule has 0 spiro atoms. The van der Waals surface area contributed by atoms with Crippen LogP contribution in [-0.4, -0.2) is 60.5 Å². The number of carbonyl (C=O) groups is 5. The van der Waals surface area contributed by atoms with Crippen molar-refractivity contribution in [3.05, 3.63) is 59.4 Å². The van der Waals surface area contributed by atoms with Gasteiger partial charge in [-0.15, -0.1) is 5.10 Å². The Labute approximate surface area is 198 Å². The molecule has 176 valence electrons. The van der Waals surface area contributed by atoms with Gasteiger partial charge in [-0.2, -0.15) is 0 Å². The van der Waals surface area contributed by atoms with Gasteiger partial charge in [0.15, 0.2) is 0 Å². The van der Waals surface area contributed by atoms with E-state index in [9.17, 15) is 24.0 Å². The number of aromatic nitrogens is 4. The molecule has 1 aromatic carbocycles. The molecule has 1 saturated heterocycles. The predicted octanol–water partition coefficient (Wildman–Crippen LogP) is 0.688. The van der Waals surface area contributed by atoms with Crippen molar-refractivity contribution in [2.75, 3.05) is 5.32 Å². The van der Waals surface area contributed by atoms with Gasteiger partial charge in [-0.05, 0) is 37.1 Å². The number of carbonyl (C=O) groups excluding carboxylic acids is 5. The summed E-state index contributed by atoms with van der Waals surface area (Å²) in [6.45, 7) is 1.72. The van der Waals surface area contributed by atoms with Gasteiger partial charge in [-0.25, -0.2) is 4.68 Å². The van der Waals surface area contributed by atoms with Crippen molar-refractivity contribution in [2.24, 2.45) is 0 Å². The number of nitrogens with one attached hydrogen (secondary N) is 2. The molecule has 0 bridgehead atoms. The van der Waals surface area contributed by atoms with E-state index in [1.54, 1.807) is 18.5 Å². The molecule has 4 heterocycles. The molecule has 2 N–H and O–H groups in total. The molecule has 3 aromatic rings. The molecule has 1 atom stereocenters. The fourth-order valence-electron chi connectivity index (χ4n) is 4.07. The Morgan fingerprint density at radius 3 is 2.69 bits per heavy atom. The van der Waals surface area contributed by atoms with E-state index in [4.69, 9.17) is 0 Å². The van der Waals surface area contributed by atoms with Gasteiger partial charge in [0.25, 0.3) is 11.8 Å². The molecular formula is C23H19N7O5. The molecule has 1 unspecified atom stereocenters. The van der Waals surface area contributed by atoms with Crippen LogP contribution in [0.2, 0.25) is 0 Å². The third-order valence-electron chi connectivity index (χ3n) is 5.76. The second-order valence-corrected chi connectivity index (χ2v) is 8.25. The van der Waals surface area contributed by atoms with E-state index in [0.29, 0.717) is 11.4 Å². The van der Waals surface area contributed by atoms with Crippen LogP contribution in [0.3, 0.4) is 0 Å². The molecule has 12 heteroatoms. The second-order valence-electron chi connectivity index (χ2n) is 8.25. The zero-order valence-corrected chi connectivity index (χ0v) is 18.5. The minimum absolute atomic E-state index is 0.00122. The molecule has 5 rings (SSSR count). The highest BCUT2D eigenvalue weighted by atomic mass is 16.2. The average Bonchev–Trinajstić information content (AvgIpc) is 3.38. The summed E-state index contributed by atoms with van der Waals surface area (Å²) in [5, 5.41) is 12.8. The summed E-state index contributed by atoms with van der Waals surface area (Å²) in [6, 6.07) is 7.08. The number of amides is 5. The first-order valence-electron chi connectivity index (χ1n) is 10.8. The first kappa shape index (κ1) is 22.1. The first-order valence-corrected chi connectivity index (χ1v) is 10.8. The highest BCUT2D eigenvalue weighted by Crippen LogP contribution is 2.32. The van der Waals surface area contributed by atoms with Crippen molar-refractivity contribution in [3.8, 4) is 11.4 Å². The number of nitrogens with zero attached hydrogens (tertiary/aromatic N) is 5. The number of aryl methyl sites for hydroxylation is 1. The van der Waals surface area contributed by atoms with Crippen molar-refractivity contribution in [1.82, 2.24) is 30.2 Å². The van der Waals surface area contributed by atoms with Gasteiger partial charge in [-0.3, -0.25) is 39.2 Å². The number of fused-ring (bicyclic) bond motifs is 1. The quantitative estimate of drug-likeness (QED) is 0.513. The lowest BCUT2D eigenvalue weighted by Crippen LogP contribution is -2.54. The van der Waals surface area contributed by atoms with E-state index in [1.807, 2.05) is 13.0 Å². The number of anilines is 1. The van der Waals surface area contributed by atoms with Crippen molar-refractivity contribution >= 4 is 35.2 Å². The lowest BCUT2D eigenvalue weighted by atomic mass is 10.0. The maximum Gasteiger partial charge on any atom is 0.264 e. The van der Waals surface area contributed by atoms with Crippen LogP contribution in [0.1, 0.15) is 39.1 Å². The van der Waals surface area contributed by atoms with Gasteiger partial charge in [0.1, 0.15) is 18.3 Å². The highest BCUT2D eigenvalue weighted by Gasteiger charge is 2.45. The van der Waals surface area contributed by atoms with E-state index in [1.165, 1.54) is 22.9 Å². The zero-order valence-electron chi connectivity index (χ0n) is 18.5. The summed E-state index contributed by atoms with van der Waals surface area (Å²) < 4.78 is 1.33. The van der Waals surface area contributed by atoms with Crippen LogP contribution >= 0.6 is 0 Å². The fraction of sp³-hybridized carbons (Fsp3) is 0.217. The van der Waals surface area contributed by atoms with Crippen LogP contribution in [0, 0.1) is 6.92 Å². The molecule has 5 amide bonds. The largest absolute Gasteiger partial charge is 0.324 e. The number of imide groups is 2. The van der Waals surface area contributed by atoms with Crippen LogP contribution in [-0.2, 0) is 20.9 Å². The van der Waals surface area contributed by atoms with E-state index >= 15 is 0 Å². The molecule has 2 aromatic heterocycles. The van der Waals surface area contributed by atoms with E-state index < -0.39 is 35.6 Å². The normalized spacial score (nSPS) is 17.4. The smallest absolute Gasteiger partial charge is 0.264 e. The van der Waals surface area contributed by atoms with Crippen LogP contribution in [0.25, 0.3) is 11.4 Å². The summed E-state index contributed by atoms with van der Waals surface area (Å²) in [5.74, 6) is -3.01. The van der Waals surface area contributed by atoms with Crippen LogP contribution in [0.4, 0.5) is 5.69 Å². The van der Waals surface area contributed by atoms with Gasteiger partial charge in [-0.1, -0.05) is 17.3 Å². The first-order chi connectivity index (χ1) is 16.8. The monoisotopic (exact) mass is 473 g/mol. The van der Waals surface area contributed by atoms with E-state index in [2.05, 4.69) is 25.9 Å². The standard InChI is InChI=1S/C23H19N7O5/c1-12-5-6-14(24-9-12)16-10-29(28-27-16)11-19(32)25-15-4-2-3-13-20(15)23(35)30(22(13)34)17-7-8-18(31)26-21(17)33/h2-6,9-10,17H,7-8,11H2,1H3,(H,25,32)(H,26,31,33). The summed E-state index contributed by atoms with van der Waals surface area (Å²) in [4.78, 5) is 67.6. The van der Waals surface area contributed by atoms with Crippen molar-refractivity contribution in [2.45, 2.75) is 32.4 Å². The molecule has 0 radical (unpaired) electrons. The number of pyridine rings is 1. The van der Waals surface area contributed by atoms with Crippen LogP contribution in [0.5, 0.6) is 0 Å². The lowest BCUT2D eigenvalue weighted by Gasteiger charge is -2.27. The number of hydrogen-bond acceptors (Lipinski definition) is 8. The zero-order chi connectivity index (χ0) is 24.7. The number of benzene rings is 1. The molecule has 35 heavy (non-hydrogen) atoms. The van der Waals surface area contributed by atoms with Gasteiger partial charge < -0.3 is 5.32 Å². The van der Waals surface area contributed by atoms with Crippen molar-refractivity contribution < 1.29 is 24.0 Å². The van der Waals surface area contributed by atoms with Gasteiger partial charge >= 0.3 is 0 Å². The molecular weight excluding hydrogens is 454 g/mol. The Bertz CT molecular complexity index is 1400. The van der Waals surface area contributed by atoms with Crippen LogP contribution in [0.15, 0.2) is 42.7 Å². The minimum Gasteiger partial charge on any atom is -0.324 e. The average molecular weight is 473 g/mol.